The Morgan fingerprint density at radius 1 is 1.41 bits per heavy atom. The van der Waals surface area contributed by atoms with Gasteiger partial charge in [0.25, 0.3) is 5.91 Å². The van der Waals surface area contributed by atoms with Crippen LogP contribution in [0.5, 0.6) is 0 Å². The molecule has 1 N–H and O–H groups in total. The molecule has 0 aliphatic heterocycles. The quantitative estimate of drug-likeness (QED) is 0.618. The van der Waals surface area contributed by atoms with E-state index in [1.54, 1.807) is 6.20 Å². The van der Waals surface area contributed by atoms with Gasteiger partial charge >= 0.3 is 0 Å². The van der Waals surface area contributed by atoms with Crippen molar-refractivity contribution in [3.8, 4) is 6.07 Å². The fourth-order valence-corrected chi connectivity index (χ4v) is 2.21. The third kappa shape index (κ3) is 4.92. The summed E-state index contributed by atoms with van der Waals surface area (Å²) < 4.78 is 0. The van der Waals surface area contributed by atoms with Crippen molar-refractivity contribution in [1.82, 2.24) is 4.90 Å². The molecule has 0 fully saturated rings. The van der Waals surface area contributed by atoms with Crippen LogP contribution in [0.25, 0.3) is 0 Å². The number of rotatable bonds is 7. The number of nitrogens with zero attached hydrogens (tertiary/aromatic N) is 2. The molecule has 1 aromatic rings. The molecule has 0 bridgehead atoms. The van der Waals surface area contributed by atoms with Gasteiger partial charge in [0, 0.05) is 25.5 Å². The average Bonchev–Trinajstić information content (AvgIpc) is 2.52. The summed E-state index contributed by atoms with van der Waals surface area (Å²) in [7, 11) is 1.88. The molecule has 0 saturated carbocycles. The van der Waals surface area contributed by atoms with Crippen molar-refractivity contribution in [3.63, 3.8) is 0 Å². The Morgan fingerprint density at radius 2 is 2.14 bits per heavy atom. The topological polar surface area (TPSA) is 56.1 Å². The van der Waals surface area contributed by atoms with E-state index in [9.17, 15) is 10.1 Å². The summed E-state index contributed by atoms with van der Waals surface area (Å²) in [6.45, 7) is 6.95. The van der Waals surface area contributed by atoms with E-state index in [1.165, 1.54) is 0 Å². The monoisotopic (exact) mass is 299 g/mol. The van der Waals surface area contributed by atoms with Gasteiger partial charge in [-0.3, -0.25) is 4.79 Å². The molecule has 0 spiro atoms. The van der Waals surface area contributed by atoms with E-state index in [-0.39, 0.29) is 11.5 Å². The van der Waals surface area contributed by atoms with Gasteiger partial charge in [0.1, 0.15) is 11.6 Å². The van der Waals surface area contributed by atoms with Crippen LogP contribution in [0.1, 0.15) is 37.8 Å². The molecule has 118 valence electrons. The zero-order chi connectivity index (χ0) is 16.5. The first-order chi connectivity index (χ1) is 10.5. The van der Waals surface area contributed by atoms with Crippen LogP contribution in [-0.4, -0.2) is 24.4 Å². The van der Waals surface area contributed by atoms with E-state index in [0.717, 1.165) is 42.6 Å². The van der Waals surface area contributed by atoms with Crippen LogP contribution < -0.4 is 5.32 Å². The van der Waals surface area contributed by atoms with Crippen molar-refractivity contribution in [2.75, 3.05) is 18.9 Å². The van der Waals surface area contributed by atoms with Gasteiger partial charge < -0.3 is 10.2 Å². The fourth-order valence-electron chi connectivity index (χ4n) is 2.21. The van der Waals surface area contributed by atoms with Crippen LogP contribution >= 0.6 is 0 Å². The number of para-hydroxylation sites is 1. The lowest BCUT2D eigenvalue weighted by atomic mass is 10.1. The predicted octanol–water partition coefficient (Wildman–Crippen LogP) is 3.64. The van der Waals surface area contributed by atoms with E-state index in [0.29, 0.717) is 0 Å². The maximum atomic E-state index is 12.3. The minimum absolute atomic E-state index is 0.129. The van der Waals surface area contributed by atoms with E-state index in [1.807, 2.05) is 50.1 Å². The number of nitriles is 1. The summed E-state index contributed by atoms with van der Waals surface area (Å²) in [6, 6.07) is 7.92. The summed E-state index contributed by atoms with van der Waals surface area (Å²) in [6.07, 6.45) is 4.56. The zero-order valence-corrected chi connectivity index (χ0v) is 13.9. The summed E-state index contributed by atoms with van der Waals surface area (Å²) in [5, 5.41) is 12.1. The van der Waals surface area contributed by atoms with Crippen LogP contribution in [0.15, 0.2) is 30.0 Å². The van der Waals surface area contributed by atoms with Crippen molar-refractivity contribution in [1.29, 1.82) is 5.26 Å². The average molecular weight is 299 g/mol. The molecule has 0 aliphatic rings. The van der Waals surface area contributed by atoms with Gasteiger partial charge in [-0.15, -0.1) is 0 Å². The second-order valence-corrected chi connectivity index (χ2v) is 5.41. The minimum atomic E-state index is -0.352. The molecule has 0 atom stereocenters. The van der Waals surface area contributed by atoms with E-state index >= 15 is 0 Å². The molecule has 1 aromatic carbocycles. The van der Waals surface area contributed by atoms with Crippen LogP contribution in [0.3, 0.4) is 0 Å². The van der Waals surface area contributed by atoms with Gasteiger partial charge in [-0.25, -0.2) is 0 Å². The van der Waals surface area contributed by atoms with Gasteiger partial charge in [0.15, 0.2) is 0 Å². The van der Waals surface area contributed by atoms with Crippen molar-refractivity contribution in [3.05, 3.63) is 41.1 Å². The Bertz CT molecular complexity index is 584. The number of aryl methyl sites for hydroxylation is 2. The second-order valence-electron chi connectivity index (χ2n) is 5.41. The highest BCUT2D eigenvalue weighted by Crippen LogP contribution is 2.21. The third-order valence-electron chi connectivity index (χ3n) is 3.56. The van der Waals surface area contributed by atoms with Gasteiger partial charge in [-0.1, -0.05) is 38.5 Å². The highest BCUT2D eigenvalue weighted by atomic mass is 16.1. The first-order valence-corrected chi connectivity index (χ1v) is 7.75. The third-order valence-corrected chi connectivity index (χ3v) is 3.56. The number of anilines is 1. The lowest BCUT2D eigenvalue weighted by Gasteiger charge is -2.15. The molecule has 0 aromatic heterocycles. The Hall–Kier alpha value is -2.28. The number of carbonyl (C=O) groups is 1. The first-order valence-electron chi connectivity index (χ1n) is 7.75. The van der Waals surface area contributed by atoms with Crippen molar-refractivity contribution in [2.24, 2.45) is 0 Å². The predicted molar refractivity (Wildman–Crippen MR) is 90.4 cm³/mol. The first kappa shape index (κ1) is 17.8. The molecule has 1 rings (SSSR count). The summed E-state index contributed by atoms with van der Waals surface area (Å²) in [5.41, 5.74) is 3.02. The van der Waals surface area contributed by atoms with Crippen LogP contribution in [0.2, 0.25) is 0 Å². The molecule has 4 heteroatoms. The molecule has 1 amide bonds. The normalized spacial score (nSPS) is 11.0. The van der Waals surface area contributed by atoms with Gasteiger partial charge in [-0.2, -0.15) is 5.26 Å². The zero-order valence-electron chi connectivity index (χ0n) is 13.9. The Kier molecular flexibility index (Phi) is 7.18. The number of unbranched alkanes of at least 4 members (excludes halogenated alkanes) is 1. The molecular weight excluding hydrogens is 274 g/mol. The number of nitrogens with one attached hydrogen (secondary N) is 1. The highest BCUT2D eigenvalue weighted by Gasteiger charge is 2.13. The molecule has 22 heavy (non-hydrogen) atoms. The number of carbonyl (C=O) groups excluding carboxylic acids is 1. The molecule has 0 radical (unpaired) electrons. The smallest absolute Gasteiger partial charge is 0.267 e. The maximum absolute atomic E-state index is 12.3. The van der Waals surface area contributed by atoms with E-state index in [4.69, 9.17) is 0 Å². The van der Waals surface area contributed by atoms with E-state index < -0.39 is 0 Å². The van der Waals surface area contributed by atoms with Crippen molar-refractivity contribution in [2.45, 2.75) is 40.0 Å². The van der Waals surface area contributed by atoms with Gasteiger partial charge in [0.2, 0.25) is 0 Å². The number of hydrogen-bond donors (Lipinski definition) is 1. The van der Waals surface area contributed by atoms with Gasteiger partial charge in [0.05, 0.1) is 0 Å². The molecule has 0 aliphatic carbocycles. The summed E-state index contributed by atoms with van der Waals surface area (Å²) >= 11 is 0. The molecule has 4 nitrogen and oxygen atoms in total. The lowest BCUT2D eigenvalue weighted by Crippen LogP contribution is -2.20. The largest absolute Gasteiger partial charge is 0.379 e. The lowest BCUT2D eigenvalue weighted by molar-refractivity contribution is -0.112. The van der Waals surface area contributed by atoms with Crippen molar-refractivity contribution >= 4 is 11.6 Å². The van der Waals surface area contributed by atoms with E-state index in [2.05, 4.69) is 12.2 Å². The molecule has 0 heterocycles. The van der Waals surface area contributed by atoms with Crippen molar-refractivity contribution < 1.29 is 4.79 Å². The Labute approximate surface area is 133 Å². The standard InChI is InChI=1S/C18H25N3O/c1-5-7-11-21(4)13-16(12-19)18(22)20-17-14(3)9-8-10-15(17)6-2/h8-10,13H,5-7,11H2,1-4H3,(H,20,22)/b16-13-. The minimum Gasteiger partial charge on any atom is -0.379 e. The maximum Gasteiger partial charge on any atom is 0.267 e. The van der Waals surface area contributed by atoms with Crippen LogP contribution in [-0.2, 0) is 11.2 Å². The Balaban J connectivity index is 2.91. The summed E-state index contributed by atoms with van der Waals surface area (Å²) in [4.78, 5) is 14.2. The highest BCUT2D eigenvalue weighted by molar-refractivity contribution is 6.07. The fraction of sp³-hybridized carbons (Fsp3) is 0.444. The van der Waals surface area contributed by atoms with Crippen LogP contribution in [0, 0.1) is 18.3 Å². The SMILES string of the molecule is CCCCN(C)/C=C(/C#N)C(=O)Nc1c(C)cccc1CC. The molecule has 0 saturated heterocycles. The molecule has 0 unspecified atom stereocenters. The van der Waals surface area contributed by atoms with Crippen LogP contribution in [0.4, 0.5) is 5.69 Å². The number of amides is 1. The number of benzene rings is 1. The number of hydrogen-bond acceptors (Lipinski definition) is 3. The van der Waals surface area contributed by atoms with Gasteiger partial charge in [-0.05, 0) is 30.9 Å². The summed E-state index contributed by atoms with van der Waals surface area (Å²) in [5.74, 6) is -0.352. The molecular formula is C18H25N3O. The Morgan fingerprint density at radius 3 is 2.73 bits per heavy atom. The second kappa shape index (κ2) is 8.89.